The van der Waals surface area contributed by atoms with Crippen LogP contribution in [0, 0.1) is 5.92 Å². The number of benzene rings is 1. The van der Waals surface area contributed by atoms with Gasteiger partial charge in [0, 0.05) is 37.2 Å². The Morgan fingerprint density at radius 2 is 1.86 bits per heavy atom. The predicted molar refractivity (Wildman–Crippen MR) is 116 cm³/mol. The van der Waals surface area contributed by atoms with Crippen LogP contribution in [0.4, 0.5) is 11.6 Å². The summed E-state index contributed by atoms with van der Waals surface area (Å²) in [6.07, 6.45) is 1.88. The van der Waals surface area contributed by atoms with Crippen molar-refractivity contribution < 1.29 is 9.53 Å². The Hall–Kier alpha value is -2.19. The minimum absolute atomic E-state index is 0.0309. The van der Waals surface area contributed by atoms with Crippen LogP contribution in [-0.2, 0) is 16.1 Å². The quantitative estimate of drug-likeness (QED) is 0.740. The average Bonchev–Trinajstić information content (AvgIpc) is 2.78. The third-order valence-electron chi connectivity index (χ3n) is 5.44. The summed E-state index contributed by atoms with van der Waals surface area (Å²) in [4.78, 5) is 17.0. The van der Waals surface area contributed by atoms with Gasteiger partial charge in [0.1, 0.15) is 0 Å². The van der Waals surface area contributed by atoms with Crippen LogP contribution < -0.4 is 15.1 Å². The number of aromatic nitrogens is 2. The molecule has 2 aromatic rings. The van der Waals surface area contributed by atoms with Gasteiger partial charge in [0.05, 0.1) is 19.1 Å². The van der Waals surface area contributed by atoms with Crippen molar-refractivity contribution in [3.8, 4) is 0 Å². The number of anilines is 2. The van der Waals surface area contributed by atoms with Gasteiger partial charge >= 0.3 is 0 Å². The molecule has 4 rings (SSSR count). The second-order valence-corrected chi connectivity index (χ2v) is 8.40. The van der Waals surface area contributed by atoms with E-state index in [0.717, 1.165) is 67.4 Å². The SMILES string of the molecule is O=C(NCc1cccc(Br)c1)C1CCCN(c2ccc(N3CCOCC3)nn2)C1. The summed E-state index contributed by atoms with van der Waals surface area (Å²) >= 11 is 3.47. The molecular weight excluding hydrogens is 434 g/mol. The van der Waals surface area contributed by atoms with Crippen LogP contribution >= 0.6 is 15.9 Å². The van der Waals surface area contributed by atoms with E-state index in [1.54, 1.807) is 0 Å². The van der Waals surface area contributed by atoms with Gasteiger partial charge in [-0.3, -0.25) is 4.79 Å². The lowest BCUT2D eigenvalue weighted by molar-refractivity contribution is -0.125. The van der Waals surface area contributed by atoms with E-state index in [1.807, 2.05) is 36.4 Å². The van der Waals surface area contributed by atoms with Gasteiger partial charge in [0.15, 0.2) is 11.6 Å². The first-order chi connectivity index (χ1) is 14.2. The molecule has 2 aliphatic rings. The van der Waals surface area contributed by atoms with Crippen molar-refractivity contribution in [3.63, 3.8) is 0 Å². The third kappa shape index (κ3) is 5.25. The molecule has 0 radical (unpaired) electrons. The number of rotatable bonds is 5. The van der Waals surface area contributed by atoms with Crippen LogP contribution in [-0.4, -0.2) is 55.5 Å². The molecule has 1 aromatic heterocycles. The highest BCUT2D eigenvalue weighted by Crippen LogP contribution is 2.23. The predicted octanol–water partition coefficient (Wildman–Crippen LogP) is 2.61. The second-order valence-electron chi connectivity index (χ2n) is 7.48. The first-order valence-corrected chi connectivity index (χ1v) is 10.9. The number of morpholine rings is 1. The molecule has 3 heterocycles. The Morgan fingerprint density at radius 1 is 1.10 bits per heavy atom. The molecule has 2 aliphatic heterocycles. The Labute approximate surface area is 179 Å². The first kappa shape index (κ1) is 20.1. The van der Waals surface area contributed by atoms with Gasteiger partial charge < -0.3 is 19.9 Å². The summed E-state index contributed by atoms with van der Waals surface area (Å²) in [7, 11) is 0. The summed E-state index contributed by atoms with van der Waals surface area (Å²) in [5.74, 6) is 1.80. The largest absolute Gasteiger partial charge is 0.378 e. The fraction of sp³-hybridized carbons (Fsp3) is 0.476. The molecule has 2 saturated heterocycles. The van der Waals surface area contributed by atoms with Gasteiger partial charge in [-0.2, -0.15) is 0 Å². The maximum Gasteiger partial charge on any atom is 0.225 e. The maximum atomic E-state index is 12.7. The summed E-state index contributed by atoms with van der Waals surface area (Å²) in [5, 5.41) is 11.9. The molecule has 1 amide bonds. The van der Waals surface area contributed by atoms with Crippen molar-refractivity contribution in [2.24, 2.45) is 5.92 Å². The lowest BCUT2D eigenvalue weighted by Gasteiger charge is -2.33. The van der Waals surface area contributed by atoms with Crippen LogP contribution in [0.2, 0.25) is 0 Å². The topological polar surface area (TPSA) is 70.6 Å². The molecular formula is C21H26BrN5O2. The standard InChI is InChI=1S/C21H26BrN5O2/c22-18-5-1-3-16(13-18)14-23-21(28)17-4-2-8-27(15-17)20-7-6-19(24-25-20)26-9-11-29-12-10-26/h1,3,5-7,13,17H,2,4,8-12,14-15H2,(H,23,28). The van der Waals surface area contributed by atoms with E-state index >= 15 is 0 Å². The normalized spacial score (nSPS) is 19.8. The summed E-state index contributed by atoms with van der Waals surface area (Å²) in [5.41, 5.74) is 1.09. The minimum atomic E-state index is -0.0309. The molecule has 1 atom stereocenters. The van der Waals surface area contributed by atoms with E-state index in [9.17, 15) is 4.79 Å². The van der Waals surface area contributed by atoms with Crippen molar-refractivity contribution in [3.05, 3.63) is 46.4 Å². The van der Waals surface area contributed by atoms with Gasteiger partial charge in [0.25, 0.3) is 0 Å². The molecule has 29 heavy (non-hydrogen) atoms. The molecule has 8 heteroatoms. The van der Waals surface area contributed by atoms with E-state index in [-0.39, 0.29) is 11.8 Å². The molecule has 1 unspecified atom stereocenters. The number of carbonyl (C=O) groups excluding carboxylic acids is 1. The number of amides is 1. The molecule has 2 fully saturated rings. The van der Waals surface area contributed by atoms with E-state index in [0.29, 0.717) is 13.1 Å². The first-order valence-electron chi connectivity index (χ1n) is 10.1. The van der Waals surface area contributed by atoms with E-state index in [1.165, 1.54) is 0 Å². The van der Waals surface area contributed by atoms with Gasteiger partial charge in [-0.1, -0.05) is 28.1 Å². The third-order valence-corrected chi connectivity index (χ3v) is 5.94. The molecule has 1 aromatic carbocycles. The van der Waals surface area contributed by atoms with Gasteiger partial charge in [0.2, 0.25) is 5.91 Å². The number of nitrogens with one attached hydrogen (secondary N) is 1. The fourth-order valence-electron chi connectivity index (χ4n) is 3.83. The van der Waals surface area contributed by atoms with Crippen molar-refractivity contribution in [1.82, 2.24) is 15.5 Å². The van der Waals surface area contributed by atoms with Crippen LogP contribution in [0.15, 0.2) is 40.9 Å². The second kappa shape index (κ2) is 9.54. The van der Waals surface area contributed by atoms with Gasteiger partial charge in [-0.25, -0.2) is 0 Å². The number of ether oxygens (including phenoxy) is 1. The Kier molecular flexibility index (Phi) is 6.61. The molecule has 0 aliphatic carbocycles. The van der Waals surface area contributed by atoms with Crippen LogP contribution in [0.3, 0.4) is 0 Å². The summed E-state index contributed by atoms with van der Waals surface area (Å²) < 4.78 is 6.41. The highest BCUT2D eigenvalue weighted by Gasteiger charge is 2.26. The number of piperidine rings is 1. The van der Waals surface area contributed by atoms with Gasteiger partial charge in [-0.15, -0.1) is 10.2 Å². The maximum absolute atomic E-state index is 12.7. The monoisotopic (exact) mass is 459 g/mol. The minimum Gasteiger partial charge on any atom is -0.378 e. The van der Waals surface area contributed by atoms with E-state index < -0.39 is 0 Å². The number of hydrogen-bond acceptors (Lipinski definition) is 6. The lowest BCUT2D eigenvalue weighted by Crippen LogP contribution is -2.43. The Balaban J connectivity index is 1.33. The van der Waals surface area contributed by atoms with Crippen molar-refractivity contribution in [2.75, 3.05) is 49.2 Å². The molecule has 0 saturated carbocycles. The van der Waals surface area contributed by atoms with E-state index in [2.05, 4.69) is 41.2 Å². The number of carbonyl (C=O) groups is 1. The average molecular weight is 460 g/mol. The molecule has 154 valence electrons. The van der Waals surface area contributed by atoms with E-state index in [4.69, 9.17) is 4.74 Å². The van der Waals surface area contributed by atoms with Crippen LogP contribution in [0.1, 0.15) is 18.4 Å². The zero-order chi connectivity index (χ0) is 20.1. The zero-order valence-corrected chi connectivity index (χ0v) is 18.0. The highest BCUT2D eigenvalue weighted by atomic mass is 79.9. The summed E-state index contributed by atoms with van der Waals surface area (Å²) in [6.45, 7) is 5.27. The highest BCUT2D eigenvalue weighted by molar-refractivity contribution is 9.10. The number of nitrogens with zero attached hydrogens (tertiary/aromatic N) is 4. The molecule has 0 spiro atoms. The number of halogens is 1. The molecule has 7 nitrogen and oxygen atoms in total. The van der Waals surface area contributed by atoms with Crippen molar-refractivity contribution >= 4 is 33.5 Å². The van der Waals surface area contributed by atoms with Crippen molar-refractivity contribution in [1.29, 1.82) is 0 Å². The van der Waals surface area contributed by atoms with Crippen LogP contribution in [0.5, 0.6) is 0 Å². The smallest absolute Gasteiger partial charge is 0.225 e. The fourth-order valence-corrected chi connectivity index (χ4v) is 4.27. The molecule has 0 bridgehead atoms. The Morgan fingerprint density at radius 3 is 2.59 bits per heavy atom. The summed E-state index contributed by atoms with van der Waals surface area (Å²) in [6, 6.07) is 12.0. The molecule has 1 N–H and O–H groups in total. The number of hydrogen-bond donors (Lipinski definition) is 1. The van der Waals surface area contributed by atoms with Crippen LogP contribution in [0.25, 0.3) is 0 Å². The van der Waals surface area contributed by atoms with Crippen molar-refractivity contribution in [2.45, 2.75) is 19.4 Å². The Bertz CT molecular complexity index is 826. The zero-order valence-electron chi connectivity index (χ0n) is 16.4. The lowest BCUT2D eigenvalue weighted by atomic mass is 9.97. The van der Waals surface area contributed by atoms with Gasteiger partial charge in [-0.05, 0) is 42.7 Å².